The summed E-state index contributed by atoms with van der Waals surface area (Å²) in [7, 11) is 0. The van der Waals surface area contributed by atoms with E-state index >= 15 is 0 Å². The molecule has 1 aliphatic carbocycles. The van der Waals surface area contributed by atoms with E-state index in [1.54, 1.807) is 0 Å². The summed E-state index contributed by atoms with van der Waals surface area (Å²) in [5.74, 6) is 0. The molecule has 2 nitrogen and oxygen atoms in total. The van der Waals surface area contributed by atoms with Gasteiger partial charge in [-0.25, -0.2) is 0 Å². The third kappa shape index (κ3) is 4.84. The Hall–Kier alpha value is -7.94. The van der Waals surface area contributed by atoms with Crippen molar-refractivity contribution in [3.63, 3.8) is 0 Å². The van der Waals surface area contributed by atoms with Crippen LogP contribution in [0.15, 0.2) is 203 Å². The Morgan fingerprint density at radius 3 is 1.63 bits per heavy atom. The smallest absolute Gasteiger partial charge is 0.143 e. The normalized spacial score (nSPS) is 13.4. The first-order valence-electron chi connectivity index (χ1n) is 21.9. The van der Waals surface area contributed by atoms with Crippen molar-refractivity contribution in [1.82, 2.24) is 0 Å². The lowest BCUT2D eigenvalue weighted by atomic mass is 9.80. The van der Waals surface area contributed by atoms with E-state index in [-0.39, 0.29) is 5.41 Å². The molecule has 0 saturated carbocycles. The van der Waals surface area contributed by atoms with Gasteiger partial charge in [0.15, 0.2) is 0 Å². The van der Waals surface area contributed by atoms with Gasteiger partial charge in [0.1, 0.15) is 22.3 Å². The first kappa shape index (κ1) is 34.7. The standard InChI is InChI=1S/C61H38O2/c1-61(2)53-32-37(36-25-29-56-51(30-36)52-31-38-23-28-49-43-15-9-10-21-55(43)63-60(49)50(38)34-57(52)62-56)22-26-41(53)42-27-24-39(33-54(42)61)58-45-16-5-7-18-47(45)59(48-19-8-6-17-46(48)58)44-20-11-13-35-12-3-4-14-40(35)44/h3-34H,1-2H3. The van der Waals surface area contributed by atoms with E-state index in [2.05, 4.69) is 196 Å². The molecule has 2 heteroatoms. The Bertz CT molecular complexity index is 4060. The van der Waals surface area contributed by atoms with E-state index in [1.807, 2.05) is 12.1 Å². The third-order valence-electron chi connectivity index (χ3n) is 14.2. The quantitative estimate of drug-likeness (QED) is 0.166. The van der Waals surface area contributed by atoms with E-state index in [1.165, 1.54) is 88.0 Å². The highest BCUT2D eigenvalue weighted by atomic mass is 16.3. The van der Waals surface area contributed by atoms with E-state index in [0.29, 0.717) is 0 Å². The molecule has 63 heavy (non-hydrogen) atoms. The highest BCUT2D eigenvalue weighted by Crippen LogP contribution is 2.53. The Kier molecular flexibility index (Phi) is 6.93. The summed E-state index contributed by atoms with van der Waals surface area (Å²) in [4.78, 5) is 0. The molecule has 11 aromatic carbocycles. The molecule has 0 atom stereocenters. The highest BCUT2D eigenvalue weighted by molar-refractivity contribution is 6.24. The number of furan rings is 2. The fourth-order valence-electron chi connectivity index (χ4n) is 11.2. The number of fused-ring (bicyclic) bond motifs is 14. The second kappa shape index (κ2) is 12.6. The highest BCUT2D eigenvalue weighted by Gasteiger charge is 2.36. The average Bonchev–Trinajstić information content (AvgIpc) is 3.96. The molecule has 0 saturated heterocycles. The van der Waals surface area contributed by atoms with Gasteiger partial charge in [-0.15, -0.1) is 0 Å². The summed E-state index contributed by atoms with van der Waals surface area (Å²) < 4.78 is 12.9. The first-order chi connectivity index (χ1) is 31.0. The van der Waals surface area contributed by atoms with Gasteiger partial charge in [-0.05, 0) is 142 Å². The van der Waals surface area contributed by atoms with Gasteiger partial charge in [0, 0.05) is 32.3 Å². The number of hydrogen-bond donors (Lipinski definition) is 0. The zero-order chi connectivity index (χ0) is 41.6. The minimum absolute atomic E-state index is 0.210. The van der Waals surface area contributed by atoms with Crippen molar-refractivity contribution in [3.8, 4) is 44.5 Å². The van der Waals surface area contributed by atoms with Crippen LogP contribution in [0.1, 0.15) is 25.0 Å². The van der Waals surface area contributed by atoms with Gasteiger partial charge in [-0.3, -0.25) is 0 Å². The van der Waals surface area contributed by atoms with E-state index in [0.717, 1.165) is 54.6 Å². The molecule has 2 aromatic heterocycles. The van der Waals surface area contributed by atoms with Crippen molar-refractivity contribution in [2.75, 3.05) is 0 Å². The fourth-order valence-corrected chi connectivity index (χ4v) is 11.2. The zero-order valence-corrected chi connectivity index (χ0v) is 34.8. The Labute approximate surface area is 363 Å². The predicted octanol–water partition coefficient (Wildman–Crippen LogP) is 17.4. The zero-order valence-electron chi connectivity index (χ0n) is 34.8. The summed E-state index contributed by atoms with van der Waals surface area (Å²) in [6.45, 7) is 4.78. The van der Waals surface area contributed by atoms with Crippen molar-refractivity contribution >= 4 is 87.0 Å². The molecule has 1 aliphatic rings. The van der Waals surface area contributed by atoms with Crippen molar-refractivity contribution in [2.45, 2.75) is 19.3 Å². The molecular weight excluding hydrogens is 765 g/mol. The topological polar surface area (TPSA) is 26.3 Å². The van der Waals surface area contributed by atoms with Crippen LogP contribution >= 0.6 is 0 Å². The number of rotatable bonds is 3. The lowest BCUT2D eigenvalue weighted by Gasteiger charge is -2.23. The molecule has 294 valence electrons. The summed E-state index contributed by atoms with van der Waals surface area (Å²) >= 11 is 0. The maximum absolute atomic E-state index is 6.53. The van der Waals surface area contributed by atoms with Crippen LogP contribution in [0.2, 0.25) is 0 Å². The average molecular weight is 803 g/mol. The van der Waals surface area contributed by atoms with E-state index in [9.17, 15) is 0 Å². The molecule has 0 unspecified atom stereocenters. The summed E-state index contributed by atoms with van der Waals surface area (Å²) in [5, 5.41) is 14.3. The van der Waals surface area contributed by atoms with Crippen LogP contribution in [0.4, 0.5) is 0 Å². The van der Waals surface area contributed by atoms with Crippen LogP contribution < -0.4 is 0 Å². The van der Waals surface area contributed by atoms with Gasteiger partial charge in [-0.1, -0.05) is 159 Å². The van der Waals surface area contributed by atoms with Gasteiger partial charge < -0.3 is 8.83 Å². The third-order valence-corrected chi connectivity index (χ3v) is 14.2. The van der Waals surface area contributed by atoms with Gasteiger partial charge in [-0.2, -0.15) is 0 Å². The van der Waals surface area contributed by atoms with Gasteiger partial charge >= 0.3 is 0 Å². The number of benzene rings is 11. The molecule has 0 fully saturated rings. The van der Waals surface area contributed by atoms with Crippen molar-refractivity contribution < 1.29 is 8.83 Å². The molecule has 0 spiro atoms. The van der Waals surface area contributed by atoms with Crippen LogP contribution in [-0.2, 0) is 5.41 Å². The van der Waals surface area contributed by atoms with Crippen LogP contribution in [0.5, 0.6) is 0 Å². The van der Waals surface area contributed by atoms with E-state index in [4.69, 9.17) is 8.83 Å². The molecule has 0 bridgehead atoms. The fraction of sp³-hybridized carbons (Fsp3) is 0.0492. The summed E-state index contributed by atoms with van der Waals surface area (Å²) in [5.41, 5.74) is 16.2. The molecule has 14 rings (SSSR count). The minimum atomic E-state index is -0.210. The van der Waals surface area contributed by atoms with Crippen LogP contribution in [0.3, 0.4) is 0 Å². The van der Waals surface area contributed by atoms with Crippen molar-refractivity contribution in [2.24, 2.45) is 0 Å². The number of para-hydroxylation sites is 1. The van der Waals surface area contributed by atoms with Gasteiger partial charge in [0.05, 0.1) is 0 Å². The minimum Gasteiger partial charge on any atom is -0.456 e. The maximum Gasteiger partial charge on any atom is 0.143 e. The molecule has 0 N–H and O–H groups in total. The molecule has 13 aromatic rings. The monoisotopic (exact) mass is 802 g/mol. The van der Waals surface area contributed by atoms with Gasteiger partial charge in [0.25, 0.3) is 0 Å². The molecule has 0 aliphatic heterocycles. The SMILES string of the molecule is CC1(C)c2cc(-c3ccc4oc5cc6c(ccc7c8ccccc8oc67)cc5c4c3)ccc2-c2ccc(-c3c4ccccc4c(-c4cccc5ccccc45)c4ccccc34)cc21. The van der Waals surface area contributed by atoms with Crippen molar-refractivity contribution in [1.29, 1.82) is 0 Å². The van der Waals surface area contributed by atoms with Crippen LogP contribution in [-0.4, -0.2) is 0 Å². The molecule has 2 heterocycles. The number of hydrogen-bond acceptors (Lipinski definition) is 2. The first-order valence-corrected chi connectivity index (χ1v) is 21.9. The van der Waals surface area contributed by atoms with Gasteiger partial charge in [0.2, 0.25) is 0 Å². The molecular formula is C61H38O2. The van der Waals surface area contributed by atoms with Crippen molar-refractivity contribution in [3.05, 3.63) is 205 Å². The predicted molar refractivity (Wildman–Crippen MR) is 265 cm³/mol. The second-order valence-electron chi connectivity index (χ2n) is 17.9. The van der Waals surface area contributed by atoms with Crippen LogP contribution in [0, 0.1) is 0 Å². The second-order valence-corrected chi connectivity index (χ2v) is 17.9. The van der Waals surface area contributed by atoms with Crippen LogP contribution in [0.25, 0.3) is 131 Å². The summed E-state index contributed by atoms with van der Waals surface area (Å²) in [6, 6.07) is 71.4. The molecule has 0 amide bonds. The largest absolute Gasteiger partial charge is 0.456 e. The summed E-state index contributed by atoms with van der Waals surface area (Å²) in [6.07, 6.45) is 0. The Morgan fingerprint density at radius 1 is 0.302 bits per heavy atom. The Balaban J connectivity index is 0.883. The van der Waals surface area contributed by atoms with E-state index < -0.39 is 0 Å². The lowest BCUT2D eigenvalue weighted by Crippen LogP contribution is -2.15. The lowest BCUT2D eigenvalue weighted by molar-refractivity contribution is 0.661. The Morgan fingerprint density at radius 2 is 0.873 bits per heavy atom. The molecule has 0 radical (unpaired) electrons. The maximum atomic E-state index is 6.53.